The number of aliphatic hydroxyl groups is 2. The molecule has 0 spiro atoms. The van der Waals surface area contributed by atoms with E-state index in [2.05, 4.69) is 15.7 Å². The smallest absolute Gasteiger partial charge is 0.315 e. The summed E-state index contributed by atoms with van der Waals surface area (Å²) >= 11 is 0. The maximum Gasteiger partial charge on any atom is 0.315 e. The summed E-state index contributed by atoms with van der Waals surface area (Å²) < 4.78 is 1.72. The Hall–Kier alpha value is -2.71. The molecule has 8 heteroatoms. The molecule has 1 aromatic carbocycles. The van der Waals surface area contributed by atoms with Gasteiger partial charge in [-0.3, -0.25) is 4.79 Å². The number of carbonyl (C=O) groups is 2. The van der Waals surface area contributed by atoms with Gasteiger partial charge >= 0.3 is 6.03 Å². The van der Waals surface area contributed by atoms with Crippen LogP contribution in [0.15, 0.2) is 42.7 Å². The Morgan fingerprint density at radius 3 is 2.40 bits per heavy atom. The summed E-state index contributed by atoms with van der Waals surface area (Å²) in [4.78, 5) is 23.6. The van der Waals surface area contributed by atoms with Crippen LogP contribution in [0, 0.1) is 0 Å². The van der Waals surface area contributed by atoms with Crippen LogP contribution in [-0.2, 0) is 4.79 Å². The number of benzene rings is 1. The number of urea groups is 1. The Kier molecular flexibility index (Phi) is 6.26. The minimum Gasteiger partial charge on any atom is -0.391 e. The van der Waals surface area contributed by atoms with E-state index in [0.717, 1.165) is 11.3 Å². The number of aromatic nitrogens is 2. The molecule has 4 N–H and O–H groups in total. The van der Waals surface area contributed by atoms with Crippen molar-refractivity contribution in [3.8, 4) is 5.69 Å². The highest BCUT2D eigenvalue weighted by molar-refractivity contribution is 5.89. The van der Waals surface area contributed by atoms with Crippen molar-refractivity contribution in [2.45, 2.75) is 32.0 Å². The van der Waals surface area contributed by atoms with Gasteiger partial charge in [0.05, 0.1) is 17.8 Å². The molecule has 2 amide bonds. The lowest BCUT2D eigenvalue weighted by Gasteiger charge is -2.22. The second-order valence-electron chi connectivity index (χ2n) is 5.72. The zero-order valence-corrected chi connectivity index (χ0v) is 14.1. The predicted octanol–water partition coefficient (Wildman–Crippen LogP) is 0.543. The van der Waals surface area contributed by atoms with Crippen LogP contribution in [0.5, 0.6) is 0 Å². The van der Waals surface area contributed by atoms with E-state index in [-0.39, 0.29) is 6.04 Å². The van der Waals surface area contributed by atoms with Gasteiger partial charge in [-0.05, 0) is 37.6 Å². The number of amides is 2. The molecule has 0 saturated carbocycles. The molecule has 8 nitrogen and oxygen atoms in total. The normalized spacial score (nSPS) is 14.4. The maximum atomic E-state index is 12.0. The molecule has 25 heavy (non-hydrogen) atoms. The molecule has 134 valence electrons. The third-order valence-electron chi connectivity index (χ3n) is 3.78. The lowest BCUT2D eigenvalue weighted by molar-refractivity contribution is -0.125. The highest BCUT2D eigenvalue weighted by Crippen LogP contribution is 2.15. The fourth-order valence-corrected chi connectivity index (χ4v) is 2.37. The minimum absolute atomic E-state index is 0.314. The zero-order valence-electron chi connectivity index (χ0n) is 14.1. The van der Waals surface area contributed by atoms with E-state index in [9.17, 15) is 14.7 Å². The van der Waals surface area contributed by atoms with Gasteiger partial charge < -0.3 is 20.8 Å². The molecule has 2 rings (SSSR count). The van der Waals surface area contributed by atoms with Crippen molar-refractivity contribution in [1.82, 2.24) is 20.4 Å². The van der Waals surface area contributed by atoms with Crippen molar-refractivity contribution < 1.29 is 19.8 Å². The van der Waals surface area contributed by atoms with Gasteiger partial charge in [-0.2, -0.15) is 5.10 Å². The molecule has 3 atom stereocenters. The molecule has 0 radical (unpaired) electrons. The topological polar surface area (TPSA) is 116 Å². The number of rotatable bonds is 7. The van der Waals surface area contributed by atoms with E-state index in [4.69, 9.17) is 5.11 Å². The van der Waals surface area contributed by atoms with Crippen molar-refractivity contribution in [2.75, 3.05) is 6.61 Å². The van der Waals surface area contributed by atoms with Crippen LogP contribution in [0.1, 0.15) is 25.5 Å². The first-order chi connectivity index (χ1) is 11.9. The third-order valence-corrected chi connectivity index (χ3v) is 3.78. The summed E-state index contributed by atoms with van der Waals surface area (Å²) in [6.07, 6.45) is 2.42. The van der Waals surface area contributed by atoms with Crippen LogP contribution in [0.3, 0.4) is 0 Å². The molecule has 0 aliphatic heterocycles. The molecule has 1 aromatic heterocycles. The number of nitrogens with zero attached hydrogens (tertiary/aromatic N) is 2. The van der Waals surface area contributed by atoms with Gasteiger partial charge in [-0.25, -0.2) is 9.48 Å². The van der Waals surface area contributed by atoms with Gasteiger partial charge in [-0.1, -0.05) is 12.1 Å². The Morgan fingerprint density at radius 2 is 1.88 bits per heavy atom. The Labute approximate surface area is 145 Å². The fourth-order valence-electron chi connectivity index (χ4n) is 2.37. The average Bonchev–Trinajstić information content (AvgIpc) is 3.13. The molecule has 0 aliphatic rings. The van der Waals surface area contributed by atoms with Crippen molar-refractivity contribution in [3.63, 3.8) is 0 Å². The highest BCUT2D eigenvalue weighted by atomic mass is 16.3. The Balaban J connectivity index is 1.97. The summed E-state index contributed by atoms with van der Waals surface area (Å²) in [6.45, 7) is 2.42. The molecule has 0 unspecified atom stereocenters. The van der Waals surface area contributed by atoms with Crippen LogP contribution in [0.2, 0.25) is 0 Å². The van der Waals surface area contributed by atoms with Gasteiger partial charge in [0, 0.05) is 12.4 Å². The summed E-state index contributed by atoms with van der Waals surface area (Å²) in [5.41, 5.74) is 1.77. The number of nitrogens with one attached hydrogen (secondary N) is 2. The van der Waals surface area contributed by atoms with E-state index < -0.39 is 30.6 Å². The predicted molar refractivity (Wildman–Crippen MR) is 91.2 cm³/mol. The molecule has 2 aromatic rings. The van der Waals surface area contributed by atoms with Crippen LogP contribution >= 0.6 is 0 Å². The van der Waals surface area contributed by atoms with Crippen LogP contribution in [-0.4, -0.2) is 50.6 Å². The second-order valence-corrected chi connectivity index (χ2v) is 5.72. The summed E-state index contributed by atoms with van der Waals surface area (Å²) in [6, 6.07) is 7.26. The SMILES string of the molecule is C[C@@H](NC(=O)N[C@H](C(=O)CO)[C@@H](C)O)c1ccc(-n2cccn2)cc1. The number of ketones is 1. The van der Waals surface area contributed by atoms with Crippen molar-refractivity contribution >= 4 is 11.8 Å². The minimum atomic E-state index is -1.15. The molecule has 0 saturated heterocycles. The summed E-state index contributed by atoms with van der Waals surface area (Å²) in [5, 5.41) is 27.7. The summed E-state index contributed by atoms with van der Waals surface area (Å²) in [5.74, 6) is -0.652. The van der Waals surface area contributed by atoms with Gasteiger partial charge in [0.1, 0.15) is 12.6 Å². The maximum absolute atomic E-state index is 12.0. The van der Waals surface area contributed by atoms with Gasteiger partial charge in [0.25, 0.3) is 0 Å². The molecular formula is C17H22N4O4. The third kappa shape index (κ3) is 4.88. The highest BCUT2D eigenvalue weighted by Gasteiger charge is 2.25. The lowest BCUT2D eigenvalue weighted by Crippen LogP contribution is -2.52. The first-order valence-corrected chi connectivity index (χ1v) is 7.91. The number of carbonyl (C=O) groups excluding carboxylic acids is 2. The first-order valence-electron chi connectivity index (χ1n) is 7.91. The van der Waals surface area contributed by atoms with Gasteiger partial charge in [0.15, 0.2) is 5.78 Å². The van der Waals surface area contributed by atoms with E-state index >= 15 is 0 Å². The summed E-state index contributed by atoms with van der Waals surface area (Å²) in [7, 11) is 0. The Bertz CT molecular complexity index is 698. The molecule has 0 bridgehead atoms. The average molecular weight is 346 g/mol. The van der Waals surface area contributed by atoms with E-state index in [0.29, 0.717) is 0 Å². The zero-order chi connectivity index (χ0) is 18.4. The molecular weight excluding hydrogens is 324 g/mol. The monoisotopic (exact) mass is 346 g/mol. The van der Waals surface area contributed by atoms with Crippen LogP contribution < -0.4 is 10.6 Å². The van der Waals surface area contributed by atoms with E-state index in [1.54, 1.807) is 17.8 Å². The van der Waals surface area contributed by atoms with Crippen LogP contribution in [0.4, 0.5) is 4.79 Å². The number of Topliss-reactive ketones (excluding diaryl/α,β-unsaturated/α-hetero) is 1. The first kappa shape index (κ1) is 18.6. The number of hydrogen-bond acceptors (Lipinski definition) is 5. The van der Waals surface area contributed by atoms with Gasteiger partial charge in [-0.15, -0.1) is 0 Å². The van der Waals surface area contributed by atoms with Crippen molar-refractivity contribution in [1.29, 1.82) is 0 Å². The molecule has 0 aliphatic carbocycles. The van der Waals surface area contributed by atoms with Crippen molar-refractivity contribution in [3.05, 3.63) is 48.3 Å². The standard InChI is InChI=1S/C17H22N4O4/c1-11(19-17(25)20-16(12(2)23)15(24)10-22)13-4-6-14(7-5-13)21-9-3-8-18-21/h3-9,11-12,16,22-23H,10H2,1-2H3,(H2,19,20,25)/t11-,12-,16+/m1/s1. The number of aliphatic hydroxyl groups excluding tert-OH is 2. The second kappa shape index (κ2) is 8.41. The van der Waals surface area contributed by atoms with Crippen LogP contribution in [0.25, 0.3) is 5.69 Å². The Morgan fingerprint density at radius 1 is 1.20 bits per heavy atom. The molecule has 1 heterocycles. The van der Waals surface area contributed by atoms with Crippen molar-refractivity contribution in [2.24, 2.45) is 0 Å². The lowest BCUT2D eigenvalue weighted by atomic mass is 10.1. The molecule has 0 fully saturated rings. The van der Waals surface area contributed by atoms with E-state index in [1.165, 1.54) is 6.92 Å². The fraction of sp³-hybridized carbons (Fsp3) is 0.353. The number of hydrogen-bond donors (Lipinski definition) is 4. The quantitative estimate of drug-likeness (QED) is 0.584. The van der Waals surface area contributed by atoms with Gasteiger partial charge in [0.2, 0.25) is 0 Å². The largest absolute Gasteiger partial charge is 0.391 e. The van der Waals surface area contributed by atoms with E-state index in [1.807, 2.05) is 36.5 Å².